The lowest BCUT2D eigenvalue weighted by Crippen LogP contribution is -2.19. The molecule has 2 N–H and O–H groups in total. The second-order valence-corrected chi connectivity index (χ2v) is 5.84. The first kappa shape index (κ1) is 15.1. The summed E-state index contributed by atoms with van der Waals surface area (Å²) < 4.78 is 2.25. The Kier molecular flexibility index (Phi) is 4.46. The number of halogens is 1. The molecule has 0 radical (unpaired) electrons. The molecule has 22 heavy (non-hydrogen) atoms. The van der Waals surface area contributed by atoms with E-state index in [0.717, 1.165) is 40.4 Å². The lowest BCUT2D eigenvalue weighted by Gasteiger charge is -2.17. The summed E-state index contributed by atoms with van der Waals surface area (Å²) in [6.07, 6.45) is 0.805. The van der Waals surface area contributed by atoms with Crippen LogP contribution >= 0.6 is 11.6 Å². The molecule has 0 saturated carbocycles. The maximum absolute atomic E-state index is 6.30. The first-order valence-electron chi connectivity index (χ1n) is 7.63. The van der Waals surface area contributed by atoms with Crippen LogP contribution in [0.3, 0.4) is 0 Å². The van der Waals surface area contributed by atoms with Crippen molar-refractivity contribution >= 4 is 22.6 Å². The minimum Gasteiger partial charge on any atom is -0.330 e. The number of imidazole rings is 1. The van der Waals surface area contributed by atoms with Crippen LogP contribution in [0.25, 0.3) is 11.0 Å². The number of nitrogens with two attached hydrogens (primary N) is 1. The summed E-state index contributed by atoms with van der Waals surface area (Å²) in [7, 11) is 0. The van der Waals surface area contributed by atoms with Crippen LogP contribution in [-0.4, -0.2) is 16.1 Å². The standard InChI is InChI=1S/C18H20ClN3/c1-2-22-17-10-6-5-9-16(17)21-18(22)14(12-20)11-13-7-3-4-8-15(13)19/h3-10,14H,2,11-12,20H2,1H3. The molecular weight excluding hydrogens is 294 g/mol. The zero-order chi connectivity index (χ0) is 15.5. The van der Waals surface area contributed by atoms with Gasteiger partial charge in [-0.1, -0.05) is 41.9 Å². The zero-order valence-corrected chi connectivity index (χ0v) is 13.4. The highest BCUT2D eigenvalue weighted by atomic mass is 35.5. The van der Waals surface area contributed by atoms with E-state index in [1.54, 1.807) is 0 Å². The molecule has 0 amide bonds. The van der Waals surface area contributed by atoms with E-state index in [1.165, 1.54) is 0 Å². The Morgan fingerprint density at radius 1 is 1.14 bits per heavy atom. The third-order valence-corrected chi connectivity index (χ3v) is 4.44. The van der Waals surface area contributed by atoms with Gasteiger partial charge in [0.1, 0.15) is 5.82 Å². The highest BCUT2D eigenvalue weighted by Crippen LogP contribution is 2.27. The number of hydrogen-bond donors (Lipinski definition) is 1. The Morgan fingerprint density at radius 3 is 2.59 bits per heavy atom. The van der Waals surface area contributed by atoms with Crippen molar-refractivity contribution in [1.82, 2.24) is 9.55 Å². The van der Waals surface area contributed by atoms with Crippen LogP contribution in [0.2, 0.25) is 5.02 Å². The van der Waals surface area contributed by atoms with Crippen molar-refractivity contribution in [2.45, 2.75) is 25.8 Å². The van der Waals surface area contributed by atoms with Crippen LogP contribution < -0.4 is 5.73 Å². The summed E-state index contributed by atoms with van der Waals surface area (Å²) in [5.41, 5.74) is 9.36. The Morgan fingerprint density at radius 2 is 1.86 bits per heavy atom. The average Bonchev–Trinajstić information content (AvgIpc) is 2.92. The first-order chi connectivity index (χ1) is 10.7. The number of fused-ring (bicyclic) bond motifs is 1. The first-order valence-corrected chi connectivity index (χ1v) is 8.01. The van der Waals surface area contributed by atoms with E-state index >= 15 is 0 Å². The maximum atomic E-state index is 6.30. The van der Waals surface area contributed by atoms with Crippen LogP contribution in [0.1, 0.15) is 24.2 Å². The second kappa shape index (κ2) is 6.51. The number of para-hydroxylation sites is 2. The van der Waals surface area contributed by atoms with Gasteiger partial charge in [0.2, 0.25) is 0 Å². The number of rotatable bonds is 5. The van der Waals surface area contributed by atoms with E-state index in [-0.39, 0.29) is 5.92 Å². The Labute approximate surface area is 135 Å². The van der Waals surface area contributed by atoms with E-state index in [0.29, 0.717) is 6.54 Å². The molecule has 3 nitrogen and oxygen atoms in total. The van der Waals surface area contributed by atoms with E-state index in [4.69, 9.17) is 22.3 Å². The summed E-state index contributed by atoms with van der Waals surface area (Å²) >= 11 is 6.30. The minimum atomic E-state index is 0.159. The molecule has 0 aliphatic rings. The quantitative estimate of drug-likeness (QED) is 0.774. The van der Waals surface area contributed by atoms with Crippen molar-refractivity contribution in [3.05, 3.63) is 64.9 Å². The van der Waals surface area contributed by atoms with Crippen molar-refractivity contribution in [1.29, 1.82) is 0 Å². The van der Waals surface area contributed by atoms with Gasteiger partial charge in [0.05, 0.1) is 11.0 Å². The van der Waals surface area contributed by atoms with Gasteiger partial charge in [-0.15, -0.1) is 0 Å². The van der Waals surface area contributed by atoms with Gasteiger partial charge >= 0.3 is 0 Å². The lowest BCUT2D eigenvalue weighted by molar-refractivity contribution is 0.598. The van der Waals surface area contributed by atoms with Gasteiger partial charge in [-0.3, -0.25) is 0 Å². The second-order valence-electron chi connectivity index (χ2n) is 5.43. The van der Waals surface area contributed by atoms with Gasteiger partial charge in [-0.05, 0) is 37.1 Å². The Balaban J connectivity index is 2.02. The predicted octanol–water partition coefficient (Wildman–Crippen LogP) is 3.99. The fourth-order valence-electron chi connectivity index (χ4n) is 2.95. The molecule has 114 valence electrons. The van der Waals surface area contributed by atoms with Crippen LogP contribution in [0.5, 0.6) is 0 Å². The summed E-state index contributed by atoms with van der Waals surface area (Å²) in [4.78, 5) is 4.82. The highest BCUT2D eigenvalue weighted by Gasteiger charge is 2.19. The largest absolute Gasteiger partial charge is 0.330 e. The fraction of sp³-hybridized carbons (Fsp3) is 0.278. The molecule has 0 bridgehead atoms. The van der Waals surface area contributed by atoms with Crippen molar-refractivity contribution < 1.29 is 0 Å². The molecule has 3 rings (SSSR count). The van der Waals surface area contributed by atoms with Crippen molar-refractivity contribution in [2.24, 2.45) is 5.73 Å². The number of aryl methyl sites for hydroxylation is 1. The van der Waals surface area contributed by atoms with Gasteiger partial charge in [0, 0.05) is 24.0 Å². The summed E-state index contributed by atoms with van der Waals surface area (Å²) in [5.74, 6) is 1.21. The topological polar surface area (TPSA) is 43.8 Å². The summed E-state index contributed by atoms with van der Waals surface area (Å²) in [6, 6.07) is 16.2. The molecule has 0 spiro atoms. The predicted molar refractivity (Wildman–Crippen MR) is 92.4 cm³/mol. The van der Waals surface area contributed by atoms with Crippen LogP contribution in [0.4, 0.5) is 0 Å². The number of aromatic nitrogens is 2. The third-order valence-electron chi connectivity index (χ3n) is 4.07. The van der Waals surface area contributed by atoms with Gasteiger partial charge in [-0.25, -0.2) is 4.98 Å². The van der Waals surface area contributed by atoms with Gasteiger partial charge in [0.25, 0.3) is 0 Å². The SMILES string of the molecule is CCn1c(C(CN)Cc2ccccc2Cl)nc2ccccc21. The number of benzene rings is 2. The van der Waals surface area contributed by atoms with Gasteiger partial charge < -0.3 is 10.3 Å². The Bertz CT molecular complexity index is 779. The molecule has 1 heterocycles. The van der Waals surface area contributed by atoms with Crippen molar-refractivity contribution in [3.63, 3.8) is 0 Å². The van der Waals surface area contributed by atoms with Crippen molar-refractivity contribution in [2.75, 3.05) is 6.54 Å². The molecule has 3 aromatic rings. The molecule has 1 aromatic heterocycles. The van der Waals surface area contributed by atoms with Crippen molar-refractivity contribution in [3.8, 4) is 0 Å². The molecule has 0 aliphatic heterocycles. The summed E-state index contributed by atoms with van der Waals surface area (Å²) in [6.45, 7) is 3.57. The van der Waals surface area contributed by atoms with Gasteiger partial charge in [-0.2, -0.15) is 0 Å². The van der Waals surface area contributed by atoms with Crippen LogP contribution in [-0.2, 0) is 13.0 Å². The molecule has 1 unspecified atom stereocenters. The number of nitrogens with zero attached hydrogens (tertiary/aromatic N) is 2. The fourth-order valence-corrected chi connectivity index (χ4v) is 3.16. The van der Waals surface area contributed by atoms with Crippen LogP contribution in [0.15, 0.2) is 48.5 Å². The average molecular weight is 314 g/mol. The number of hydrogen-bond acceptors (Lipinski definition) is 2. The zero-order valence-electron chi connectivity index (χ0n) is 12.7. The molecule has 0 saturated heterocycles. The summed E-state index contributed by atoms with van der Waals surface area (Å²) in [5, 5.41) is 0.792. The monoisotopic (exact) mass is 313 g/mol. The third kappa shape index (κ3) is 2.74. The maximum Gasteiger partial charge on any atom is 0.114 e. The Hall–Kier alpha value is -1.84. The van der Waals surface area contributed by atoms with Crippen LogP contribution in [0, 0.1) is 0 Å². The van der Waals surface area contributed by atoms with E-state index in [2.05, 4.69) is 23.6 Å². The minimum absolute atomic E-state index is 0.159. The molecular formula is C18H20ClN3. The molecule has 4 heteroatoms. The highest BCUT2D eigenvalue weighted by molar-refractivity contribution is 6.31. The van der Waals surface area contributed by atoms with E-state index in [9.17, 15) is 0 Å². The smallest absolute Gasteiger partial charge is 0.114 e. The molecule has 1 atom stereocenters. The molecule has 0 fully saturated rings. The van der Waals surface area contributed by atoms with E-state index in [1.807, 2.05) is 36.4 Å². The molecule has 2 aromatic carbocycles. The van der Waals surface area contributed by atoms with E-state index < -0.39 is 0 Å². The molecule has 0 aliphatic carbocycles. The lowest BCUT2D eigenvalue weighted by atomic mass is 9.98. The normalized spacial score (nSPS) is 12.7. The van der Waals surface area contributed by atoms with Gasteiger partial charge in [0.15, 0.2) is 0 Å².